The Balaban J connectivity index is 3.26. The molecular formula is C12H17NO4S. The second-order valence-corrected chi connectivity index (χ2v) is 5.19. The van der Waals surface area contributed by atoms with Crippen LogP contribution in [0.2, 0.25) is 0 Å². The Morgan fingerprint density at radius 2 is 2.00 bits per heavy atom. The zero-order valence-electron chi connectivity index (χ0n) is 11.2. The van der Waals surface area contributed by atoms with Gasteiger partial charge in [0.2, 0.25) is 0 Å². The van der Waals surface area contributed by atoms with Crippen molar-refractivity contribution in [3.05, 3.63) is 15.6 Å². The smallest absolute Gasteiger partial charge is 0.358 e. The van der Waals surface area contributed by atoms with Crippen LogP contribution in [0.25, 0.3) is 0 Å². The van der Waals surface area contributed by atoms with Crippen molar-refractivity contribution in [3.63, 3.8) is 0 Å². The van der Waals surface area contributed by atoms with Gasteiger partial charge < -0.3 is 9.47 Å². The molecule has 0 spiro atoms. The van der Waals surface area contributed by atoms with Crippen LogP contribution >= 0.6 is 11.3 Å². The minimum absolute atomic E-state index is 0.0674. The van der Waals surface area contributed by atoms with Crippen molar-refractivity contribution < 1.29 is 19.1 Å². The van der Waals surface area contributed by atoms with E-state index in [-0.39, 0.29) is 11.5 Å². The van der Waals surface area contributed by atoms with Gasteiger partial charge in [-0.25, -0.2) is 9.78 Å². The quantitative estimate of drug-likeness (QED) is 0.607. The van der Waals surface area contributed by atoms with Gasteiger partial charge in [0.25, 0.3) is 0 Å². The van der Waals surface area contributed by atoms with E-state index in [2.05, 4.69) is 9.72 Å². The topological polar surface area (TPSA) is 65.5 Å². The maximum atomic E-state index is 11.6. The van der Waals surface area contributed by atoms with E-state index in [4.69, 9.17) is 4.74 Å². The predicted molar refractivity (Wildman–Crippen MR) is 68.1 cm³/mol. The second kappa shape index (κ2) is 5.58. The number of carbonyl (C=O) groups is 2. The van der Waals surface area contributed by atoms with Crippen LogP contribution in [0.3, 0.4) is 0 Å². The Bertz CT molecular complexity index is 465. The highest BCUT2D eigenvalue weighted by molar-refractivity contribution is 7.14. The number of methoxy groups -OCH3 is 1. The molecule has 0 aromatic carbocycles. The summed E-state index contributed by atoms with van der Waals surface area (Å²) in [6.07, 6.45) is 0. The molecule has 1 rings (SSSR count). The molecule has 0 unspecified atom stereocenters. The van der Waals surface area contributed by atoms with E-state index in [1.54, 1.807) is 0 Å². The van der Waals surface area contributed by atoms with Crippen LogP contribution < -0.4 is 0 Å². The number of aromatic nitrogens is 1. The first kappa shape index (κ1) is 14.8. The van der Waals surface area contributed by atoms with E-state index in [0.29, 0.717) is 16.5 Å². The number of rotatable bonds is 5. The highest BCUT2D eigenvalue weighted by Gasteiger charge is 2.30. The molecular weight excluding hydrogens is 254 g/mol. The van der Waals surface area contributed by atoms with Crippen molar-refractivity contribution in [1.82, 2.24) is 4.98 Å². The summed E-state index contributed by atoms with van der Waals surface area (Å²) in [4.78, 5) is 27.6. The molecule has 0 amide bonds. The van der Waals surface area contributed by atoms with Gasteiger partial charge in [0.05, 0.1) is 7.11 Å². The number of hydrogen-bond acceptors (Lipinski definition) is 6. The summed E-state index contributed by atoms with van der Waals surface area (Å²) in [5.74, 6) is -0.804. The molecule has 18 heavy (non-hydrogen) atoms. The Morgan fingerprint density at radius 3 is 2.44 bits per heavy atom. The summed E-state index contributed by atoms with van der Waals surface area (Å²) >= 11 is 1.17. The zero-order chi connectivity index (χ0) is 13.9. The monoisotopic (exact) mass is 271 g/mol. The second-order valence-electron chi connectivity index (χ2n) is 4.19. The van der Waals surface area contributed by atoms with Crippen LogP contribution in [-0.4, -0.2) is 30.5 Å². The van der Waals surface area contributed by atoms with E-state index >= 15 is 0 Å². The minimum atomic E-state index is -0.629. The Kier molecular flexibility index (Phi) is 4.59. The van der Waals surface area contributed by atoms with Crippen molar-refractivity contribution in [3.8, 4) is 0 Å². The molecule has 5 nitrogen and oxygen atoms in total. The molecule has 100 valence electrons. The van der Waals surface area contributed by atoms with Gasteiger partial charge in [-0.2, -0.15) is 0 Å². The van der Waals surface area contributed by atoms with Crippen LogP contribution in [0.4, 0.5) is 0 Å². The van der Waals surface area contributed by atoms with Gasteiger partial charge in [-0.1, -0.05) is 0 Å². The third kappa shape index (κ3) is 2.94. The first-order chi connectivity index (χ1) is 8.33. The fourth-order valence-electron chi connectivity index (χ4n) is 1.47. The maximum absolute atomic E-state index is 11.6. The van der Waals surface area contributed by atoms with Crippen LogP contribution in [0.1, 0.15) is 52.9 Å². The summed E-state index contributed by atoms with van der Waals surface area (Å²) in [6.45, 7) is 7.50. The molecule has 0 aliphatic heterocycles. The molecule has 0 saturated heterocycles. The number of Topliss-reactive ketones (excluding diaryl/α,β-unsaturated/α-hetero) is 1. The molecule has 0 N–H and O–H groups in total. The summed E-state index contributed by atoms with van der Waals surface area (Å²) in [6, 6.07) is 0. The van der Waals surface area contributed by atoms with Gasteiger partial charge in [0.1, 0.15) is 15.5 Å². The first-order valence-electron chi connectivity index (χ1n) is 5.58. The molecule has 6 heteroatoms. The van der Waals surface area contributed by atoms with Gasteiger partial charge >= 0.3 is 5.97 Å². The molecule has 0 fully saturated rings. The zero-order valence-corrected chi connectivity index (χ0v) is 12.0. The molecule has 0 aliphatic rings. The molecule has 1 aromatic heterocycles. The summed E-state index contributed by atoms with van der Waals surface area (Å²) in [5.41, 5.74) is -0.562. The van der Waals surface area contributed by atoms with Crippen LogP contribution in [0, 0.1) is 0 Å². The van der Waals surface area contributed by atoms with Crippen LogP contribution in [-0.2, 0) is 15.1 Å². The van der Waals surface area contributed by atoms with Crippen molar-refractivity contribution in [1.29, 1.82) is 0 Å². The predicted octanol–water partition coefficient (Wildman–Crippen LogP) is 2.40. The van der Waals surface area contributed by atoms with Crippen molar-refractivity contribution in [2.75, 3.05) is 13.7 Å². The third-order valence-corrected chi connectivity index (χ3v) is 3.81. The molecule has 0 bridgehead atoms. The Labute approximate surface area is 110 Å². The summed E-state index contributed by atoms with van der Waals surface area (Å²) in [7, 11) is 1.26. The summed E-state index contributed by atoms with van der Waals surface area (Å²) < 4.78 is 10.2. The maximum Gasteiger partial charge on any atom is 0.358 e. The molecule has 0 atom stereocenters. The van der Waals surface area contributed by atoms with E-state index in [0.717, 1.165) is 0 Å². The molecule has 1 heterocycles. The number of hydrogen-bond donors (Lipinski definition) is 0. The highest BCUT2D eigenvalue weighted by atomic mass is 32.1. The number of esters is 1. The Hall–Kier alpha value is -1.27. The number of ketones is 1. The SMILES string of the molecule is CCOC(C)(C)c1nc(C(=O)OC)c(C(C)=O)s1. The lowest BCUT2D eigenvalue weighted by molar-refractivity contribution is -0.0142. The standard InChI is InChI=1S/C12H17NO4S/c1-6-17-12(3,4)11-13-8(10(15)16-5)9(18-11)7(2)14/h6H2,1-5H3. The van der Waals surface area contributed by atoms with Crippen molar-refractivity contribution in [2.45, 2.75) is 33.3 Å². The van der Waals surface area contributed by atoms with Gasteiger partial charge in [0, 0.05) is 13.5 Å². The minimum Gasteiger partial charge on any atom is -0.464 e. The van der Waals surface area contributed by atoms with Crippen molar-refractivity contribution >= 4 is 23.1 Å². The highest BCUT2D eigenvalue weighted by Crippen LogP contribution is 2.31. The third-order valence-electron chi connectivity index (χ3n) is 2.35. The molecule has 0 radical (unpaired) electrons. The van der Waals surface area contributed by atoms with E-state index < -0.39 is 11.6 Å². The van der Waals surface area contributed by atoms with Gasteiger partial charge in [-0.3, -0.25) is 4.79 Å². The van der Waals surface area contributed by atoms with E-state index in [9.17, 15) is 9.59 Å². The average Bonchev–Trinajstić information content (AvgIpc) is 2.73. The molecule has 0 aliphatic carbocycles. The lowest BCUT2D eigenvalue weighted by Gasteiger charge is -2.21. The Morgan fingerprint density at radius 1 is 1.39 bits per heavy atom. The van der Waals surface area contributed by atoms with E-state index in [1.165, 1.54) is 25.4 Å². The summed E-state index contributed by atoms with van der Waals surface area (Å²) in [5, 5.41) is 0.593. The number of carbonyl (C=O) groups excluding carboxylic acids is 2. The number of ether oxygens (including phenoxy) is 2. The molecule has 1 aromatic rings. The average molecular weight is 271 g/mol. The van der Waals surface area contributed by atoms with Crippen LogP contribution in [0.5, 0.6) is 0 Å². The fraction of sp³-hybridized carbons (Fsp3) is 0.583. The normalized spacial score (nSPS) is 11.4. The molecule has 0 saturated carbocycles. The first-order valence-corrected chi connectivity index (χ1v) is 6.39. The van der Waals surface area contributed by atoms with Gasteiger partial charge in [0.15, 0.2) is 11.5 Å². The fourth-order valence-corrected chi connectivity index (χ4v) is 2.48. The van der Waals surface area contributed by atoms with Gasteiger partial charge in [-0.15, -0.1) is 11.3 Å². The van der Waals surface area contributed by atoms with Crippen molar-refractivity contribution in [2.24, 2.45) is 0 Å². The lowest BCUT2D eigenvalue weighted by atomic mass is 10.1. The van der Waals surface area contributed by atoms with E-state index in [1.807, 2.05) is 20.8 Å². The largest absolute Gasteiger partial charge is 0.464 e. The number of thiazole rings is 1. The van der Waals surface area contributed by atoms with Gasteiger partial charge in [-0.05, 0) is 20.8 Å². The van der Waals surface area contributed by atoms with Crippen LogP contribution in [0.15, 0.2) is 0 Å². The number of nitrogens with zero attached hydrogens (tertiary/aromatic N) is 1. The lowest BCUT2D eigenvalue weighted by Crippen LogP contribution is -2.21.